The molecule has 0 saturated carbocycles. The maximum absolute atomic E-state index is 11.8. The van der Waals surface area contributed by atoms with E-state index >= 15 is 0 Å². The fraction of sp³-hybridized carbons (Fsp3) is 0.105. The second-order valence-corrected chi connectivity index (χ2v) is 4.81. The molecule has 0 fully saturated rings. The van der Waals surface area contributed by atoms with Gasteiger partial charge in [-0.3, -0.25) is 4.79 Å². The summed E-state index contributed by atoms with van der Waals surface area (Å²) in [7, 11) is 3.75. The van der Waals surface area contributed by atoms with Gasteiger partial charge in [-0.2, -0.15) is 0 Å². The molecule has 0 heterocycles. The van der Waals surface area contributed by atoms with Gasteiger partial charge in [-0.15, -0.1) is 0 Å². The SMILES string of the molecule is CNc1ccc(/C=C/C(=O)/C=C/c2ccc(NC)cc2)cc1. The number of anilines is 2. The van der Waals surface area contributed by atoms with Crippen LogP contribution in [-0.2, 0) is 4.79 Å². The van der Waals surface area contributed by atoms with Gasteiger partial charge in [0.15, 0.2) is 5.78 Å². The Morgan fingerprint density at radius 2 is 1.09 bits per heavy atom. The first-order valence-electron chi connectivity index (χ1n) is 7.17. The van der Waals surface area contributed by atoms with Crippen LogP contribution < -0.4 is 10.6 Å². The quantitative estimate of drug-likeness (QED) is 0.789. The zero-order valence-electron chi connectivity index (χ0n) is 12.8. The van der Waals surface area contributed by atoms with E-state index in [1.165, 1.54) is 0 Å². The smallest absolute Gasteiger partial charge is 0.178 e. The Labute approximate surface area is 131 Å². The standard InChI is InChI=1S/C19H20N2O/c1-20-17-9-3-15(4-10-17)7-13-19(22)14-8-16-5-11-18(21-2)12-6-16/h3-14,20-21H,1-2H3/b13-7+,14-8+. The van der Waals surface area contributed by atoms with E-state index in [0.29, 0.717) is 0 Å². The number of nitrogens with one attached hydrogen (secondary N) is 2. The number of carbonyl (C=O) groups excluding carboxylic acids is 1. The molecule has 0 radical (unpaired) electrons. The molecule has 0 unspecified atom stereocenters. The number of rotatable bonds is 6. The Kier molecular flexibility index (Phi) is 5.55. The fourth-order valence-electron chi connectivity index (χ4n) is 1.93. The molecule has 0 atom stereocenters. The van der Waals surface area contributed by atoms with E-state index in [2.05, 4.69) is 10.6 Å². The third-order valence-corrected chi connectivity index (χ3v) is 3.28. The molecular weight excluding hydrogens is 272 g/mol. The summed E-state index contributed by atoms with van der Waals surface area (Å²) in [6, 6.07) is 15.8. The Morgan fingerprint density at radius 3 is 1.41 bits per heavy atom. The second-order valence-electron chi connectivity index (χ2n) is 4.81. The molecule has 0 amide bonds. The molecule has 2 aromatic carbocycles. The molecule has 0 bridgehead atoms. The summed E-state index contributed by atoms with van der Waals surface area (Å²) in [6.45, 7) is 0. The average molecular weight is 292 g/mol. The van der Waals surface area contributed by atoms with Gasteiger partial charge in [-0.05, 0) is 47.5 Å². The van der Waals surface area contributed by atoms with Crippen molar-refractivity contribution in [2.24, 2.45) is 0 Å². The van der Waals surface area contributed by atoms with Gasteiger partial charge in [0.2, 0.25) is 0 Å². The molecule has 0 aliphatic heterocycles. The Morgan fingerprint density at radius 1 is 0.727 bits per heavy atom. The fourth-order valence-corrected chi connectivity index (χ4v) is 1.93. The molecule has 2 N–H and O–H groups in total. The van der Waals surface area contributed by atoms with Crippen molar-refractivity contribution in [1.29, 1.82) is 0 Å². The molecule has 2 aromatic rings. The molecule has 0 saturated heterocycles. The normalized spacial score (nSPS) is 11.0. The van der Waals surface area contributed by atoms with Crippen molar-refractivity contribution in [2.75, 3.05) is 24.7 Å². The van der Waals surface area contributed by atoms with Crippen LogP contribution in [0.5, 0.6) is 0 Å². The molecule has 0 aromatic heterocycles. The minimum atomic E-state index is -0.0320. The molecule has 0 aliphatic carbocycles. The van der Waals surface area contributed by atoms with Crippen molar-refractivity contribution in [1.82, 2.24) is 0 Å². The molecule has 22 heavy (non-hydrogen) atoms. The Bertz CT molecular complexity index is 608. The van der Waals surface area contributed by atoms with Crippen molar-refractivity contribution < 1.29 is 4.79 Å². The van der Waals surface area contributed by atoms with Crippen LogP contribution in [0.1, 0.15) is 11.1 Å². The van der Waals surface area contributed by atoms with E-state index in [1.54, 1.807) is 12.2 Å². The lowest BCUT2D eigenvalue weighted by Gasteiger charge is -1.99. The van der Waals surface area contributed by atoms with E-state index in [4.69, 9.17) is 0 Å². The monoisotopic (exact) mass is 292 g/mol. The lowest BCUT2D eigenvalue weighted by atomic mass is 10.1. The largest absolute Gasteiger partial charge is 0.388 e. The van der Waals surface area contributed by atoms with Crippen LogP contribution in [0.15, 0.2) is 60.7 Å². The minimum absolute atomic E-state index is 0.0320. The van der Waals surface area contributed by atoms with E-state index in [1.807, 2.05) is 74.8 Å². The highest BCUT2D eigenvalue weighted by atomic mass is 16.1. The molecule has 0 aliphatic rings. The molecule has 3 heteroatoms. The first kappa shape index (κ1) is 15.6. The summed E-state index contributed by atoms with van der Waals surface area (Å²) < 4.78 is 0. The van der Waals surface area contributed by atoms with Crippen molar-refractivity contribution in [3.63, 3.8) is 0 Å². The third kappa shape index (κ3) is 4.63. The van der Waals surface area contributed by atoms with Crippen LogP contribution in [0, 0.1) is 0 Å². The highest BCUT2D eigenvalue weighted by Crippen LogP contribution is 2.11. The molecule has 2 rings (SSSR count). The predicted molar refractivity (Wildman–Crippen MR) is 95.1 cm³/mol. The Hall–Kier alpha value is -2.81. The van der Waals surface area contributed by atoms with Crippen molar-refractivity contribution >= 4 is 29.3 Å². The molecule has 112 valence electrons. The topological polar surface area (TPSA) is 41.1 Å². The van der Waals surface area contributed by atoms with Crippen LogP contribution in [-0.4, -0.2) is 19.9 Å². The lowest BCUT2D eigenvalue weighted by molar-refractivity contribution is -0.110. The van der Waals surface area contributed by atoms with Gasteiger partial charge in [0, 0.05) is 25.5 Å². The molecule has 3 nitrogen and oxygen atoms in total. The average Bonchev–Trinajstić information content (AvgIpc) is 2.59. The van der Waals surface area contributed by atoms with Crippen LogP contribution in [0.25, 0.3) is 12.2 Å². The molecular formula is C19H20N2O. The zero-order valence-corrected chi connectivity index (χ0v) is 12.8. The number of carbonyl (C=O) groups is 1. The summed E-state index contributed by atoms with van der Waals surface area (Å²) in [5, 5.41) is 6.12. The van der Waals surface area contributed by atoms with Gasteiger partial charge < -0.3 is 10.6 Å². The summed E-state index contributed by atoms with van der Waals surface area (Å²) in [6.07, 6.45) is 6.78. The van der Waals surface area contributed by atoms with Crippen LogP contribution in [0.3, 0.4) is 0 Å². The highest BCUT2D eigenvalue weighted by molar-refractivity contribution is 6.04. The second kappa shape index (κ2) is 7.84. The van der Waals surface area contributed by atoms with Gasteiger partial charge in [0.1, 0.15) is 0 Å². The number of allylic oxidation sites excluding steroid dienone is 2. The summed E-state index contributed by atoms with van der Waals surface area (Å²) in [5.41, 5.74) is 4.10. The Balaban J connectivity index is 1.95. The van der Waals surface area contributed by atoms with Crippen molar-refractivity contribution in [3.8, 4) is 0 Å². The number of ketones is 1. The van der Waals surface area contributed by atoms with Gasteiger partial charge in [-0.1, -0.05) is 36.4 Å². The van der Waals surface area contributed by atoms with E-state index < -0.39 is 0 Å². The third-order valence-electron chi connectivity index (χ3n) is 3.28. The predicted octanol–water partition coefficient (Wildman–Crippen LogP) is 4.07. The summed E-state index contributed by atoms with van der Waals surface area (Å²) in [5.74, 6) is -0.0320. The first-order valence-corrected chi connectivity index (χ1v) is 7.17. The van der Waals surface area contributed by atoms with Crippen LogP contribution in [0.2, 0.25) is 0 Å². The van der Waals surface area contributed by atoms with Gasteiger partial charge in [0.05, 0.1) is 0 Å². The van der Waals surface area contributed by atoms with Crippen molar-refractivity contribution in [3.05, 3.63) is 71.8 Å². The maximum Gasteiger partial charge on any atom is 0.178 e. The van der Waals surface area contributed by atoms with Gasteiger partial charge in [-0.25, -0.2) is 0 Å². The highest BCUT2D eigenvalue weighted by Gasteiger charge is 1.93. The van der Waals surface area contributed by atoms with Crippen LogP contribution >= 0.6 is 0 Å². The van der Waals surface area contributed by atoms with Gasteiger partial charge >= 0.3 is 0 Å². The van der Waals surface area contributed by atoms with Crippen molar-refractivity contribution in [2.45, 2.75) is 0 Å². The van der Waals surface area contributed by atoms with E-state index in [9.17, 15) is 4.79 Å². The summed E-state index contributed by atoms with van der Waals surface area (Å²) in [4.78, 5) is 11.8. The molecule has 0 spiro atoms. The zero-order chi connectivity index (χ0) is 15.8. The number of benzene rings is 2. The summed E-state index contributed by atoms with van der Waals surface area (Å²) >= 11 is 0. The van der Waals surface area contributed by atoms with Gasteiger partial charge in [0.25, 0.3) is 0 Å². The van der Waals surface area contributed by atoms with Crippen LogP contribution in [0.4, 0.5) is 11.4 Å². The number of hydrogen-bond donors (Lipinski definition) is 2. The number of hydrogen-bond acceptors (Lipinski definition) is 3. The first-order chi connectivity index (χ1) is 10.7. The lowest BCUT2D eigenvalue weighted by Crippen LogP contribution is -1.88. The van der Waals surface area contributed by atoms with E-state index in [0.717, 1.165) is 22.5 Å². The minimum Gasteiger partial charge on any atom is -0.388 e. The van der Waals surface area contributed by atoms with E-state index in [-0.39, 0.29) is 5.78 Å². The maximum atomic E-state index is 11.8.